The van der Waals surface area contributed by atoms with Crippen LogP contribution in [0.15, 0.2) is 18.2 Å². The van der Waals surface area contributed by atoms with Crippen molar-refractivity contribution in [1.29, 1.82) is 0 Å². The molecular formula is C13H19ClFN. The van der Waals surface area contributed by atoms with E-state index >= 15 is 0 Å². The van der Waals surface area contributed by atoms with Gasteiger partial charge in [0.15, 0.2) is 0 Å². The van der Waals surface area contributed by atoms with Crippen molar-refractivity contribution in [2.45, 2.75) is 26.7 Å². The summed E-state index contributed by atoms with van der Waals surface area (Å²) in [4.78, 5) is 0. The number of benzene rings is 1. The first-order chi connectivity index (χ1) is 7.57. The molecule has 1 atom stereocenters. The van der Waals surface area contributed by atoms with E-state index in [2.05, 4.69) is 19.2 Å². The molecule has 1 N–H and O–H groups in total. The van der Waals surface area contributed by atoms with Crippen LogP contribution < -0.4 is 5.32 Å². The van der Waals surface area contributed by atoms with Gasteiger partial charge in [0.1, 0.15) is 5.82 Å². The summed E-state index contributed by atoms with van der Waals surface area (Å²) in [5.41, 5.74) is 0.639. The molecule has 0 bridgehead atoms. The lowest BCUT2D eigenvalue weighted by Crippen LogP contribution is -2.25. The van der Waals surface area contributed by atoms with Gasteiger partial charge in [0, 0.05) is 23.0 Å². The molecule has 0 aliphatic carbocycles. The molecule has 90 valence electrons. The van der Waals surface area contributed by atoms with E-state index in [1.807, 2.05) is 6.92 Å². The Hall–Kier alpha value is -0.600. The molecule has 0 fully saturated rings. The number of nitrogens with one attached hydrogen (secondary N) is 1. The summed E-state index contributed by atoms with van der Waals surface area (Å²) in [5.74, 6) is 0.270. The predicted octanol–water partition coefficient (Wildman–Crippen LogP) is 3.83. The van der Waals surface area contributed by atoms with E-state index in [1.54, 1.807) is 12.1 Å². The predicted molar refractivity (Wildman–Crippen MR) is 67.5 cm³/mol. The summed E-state index contributed by atoms with van der Waals surface area (Å²) in [6.07, 6.45) is 0. The molecule has 0 aliphatic rings. The van der Waals surface area contributed by atoms with E-state index in [-0.39, 0.29) is 11.7 Å². The van der Waals surface area contributed by atoms with Gasteiger partial charge in [0.2, 0.25) is 0 Å². The van der Waals surface area contributed by atoms with Crippen LogP contribution in [0.2, 0.25) is 5.02 Å². The summed E-state index contributed by atoms with van der Waals surface area (Å²) < 4.78 is 13.8. The first-order valence-electron chi connectivity index (χ1n) is 5.72. The summed E-state index contributed by atoms with van der Waals surface area (Å²) in [7, 11) is 0. The fourth-order valence-electron chi connectivity index (χ4n) is 1.84. The molecule has 1 unspecified atom stereocenters. The van der Waals surface area contributed by atoms with Gasteiger partial charge in [0.25, 0.3) is 0 Å². The molecule has 0 aliphatic heterocycles. The van der Waals surface area contributed by atoms with Crippen LogP contribution in [0.25, 0.3) is 0 Å². The maximum atomic E-state index is 13.8. The lowest BCUT2D eigenvalue weighted by Gasteiger charge is -2.23. The largest absolute Gasteiger partial charge is 0.316 e. The highest BCUT2D eigenvalue weighted by molar-refractivity contribution is 6.31. The van der Waals surface area contributed by atoms with Crippen LogP contribution >= 0.6 is 11.6 Å². The Morgan fingerprint density at radius 1 is 1.38 bits per heavy atom. The Labute approximate surface area is 102 Å². The van der Waals surface area contributed by atoms with Crippen molar-refractivity contribution < 1.29 is 4.39 Å². The highest BCUT2D eigenvalue weighted by Gasteiger charge is 2.21. The highest BCUT2D eigenvalue weighted by atomic mass is 35.5. The van der Waals surface area contributed by atoms with E-state index in [0.717, 1.165) is 13.1 Å². The third-order valence-corrected chi connectivity index (χ3v) is 3.12. The van der Waals surface area contributed by atoms with Crippen molar-refractivity contribution in [2.24, 2.45) is 5.92 Å². The third kappa shape index (κ3) is 3.19. The minimum atomic E-state index is -0.205. The topological polar surface area (TPSA) is 12.0 Å². The van der Waals surface area contributed by atoms with E-state index in [1.165, 1.54) is 6.07 Å². The van der Waals surface area contributed by atoms with Crippen molar-refractivity contribution in [3.05, 3.63) is 34.6 Å². The minimum Gasteiger partial charge on any atom is -0.316 e. The molecule has 1 aromatic carbocycles. The van der Waals surface area contributed by atoms with Crippen LogP contribution in [-0.2, 0) is 0 Å². The van der Waals surface area contributed by atoms with Crippen molar-refractivity contribution in [3.8, 4) is 0 Å². The van der Waals surface area contributed by atoms with Gasteiger partial charge in [-0.2, -0.15) is 0 Å². The molecule has 16 heavy (non-hydrogen) atoms. The SMILES string of the molecule is CCNCC(c1c(F)cccc1Cl)C(C)C. The van der Waals surface area contributed by atoms with Crippen molar-refractivity contribution >= 4 is 11.6 Å². The molecule has 1 nitrogen and oxygen atoms in total. The Bertz CT molecular complexity index is 318. The van der Waals surface area contributed by atoms with Gasteiger partial charge < -0.3 is 5.32 Å². The van der Waals surface area contributed by atoms with Crippen LogP contribution in [0.3, 0.4) is 0 Å². The van der Waals surface area contributed by atoms with E-state index in [0.29, 0.717) is 16.5 Å². The van der Waals surface area contributed by atoms with Gasteiger partial charge in [-0.05, 0) is 24.6 Å². The van der Waals surface area contributed by atoms with Gasteiger partial charge in [-0.15, -0.1) is 0 Å². The second kappa shape index (κ2) is 6.21. The molecular weight excluding hydrogens is 225 g/mol. The Morgan fingerprint density at radius 2 is 2.06 bits per heavy atom. The van der Waals surface area contributed by atoms with Crippen molar-refractivity contribution in [1.82, 2.24) is 5.32 Å². The fraction of sp³-hybridized carbons (Fsp3) is 0.538. The molecule has 0 saturated carbocycles. The van der Waals surface area contributed by atoms with Gasteiger partial charge in [-0.1, -0.05) is 38.4 Å². The van der Waals surface area contributed by atoms with Crippen LogP contribution in [-0.4, -0.2) is 13.1 Å². The minimum absolute atomic E-state index is 0.119. The molecule has 0 aromatic heterocycles. The zero-order valence-electron chi connectivity index (χ0n) is 10.1. The molecule has 1 aromatic rings. The second-order valence-electron chi connectivity index (χ2n) is 4.29. The number of likely N-dealkylation sites (N-methyl/N-ethyl adjacent to an activating group) is 1. The van der Waals surface area contributed by atoms with Crippen LogP contribution in [0.4, 0.5) is 4.39 Å². The maximum Gasteiger partial charge on any atom is 0.128 e. The van der Waals surface area contributed by atoms with Gasteiger partial charge in [-0.25, -0.2) is 4.39 Å². The quantitative estimate of drug-likeness (QED) is 0.829. The third-order valence-electron chi connectivity index (χ3n) is 2.79. The summed E-state index contributed by atoms with van der Waals surface area (Å²) in [5, 5.41) is 3.78. The lowest BCUT2D eigenvalue weighted by atomic mass is 9.88. The molecule has 0 amide bonds. The van der Waals surface area contributed by atoms with Crippen LogP contribution in [0.5, 0.6) is 0 Å². The smallest absolute Gasteiger partial charge is 0.128 e. The average molecular weight is 244 g/mol. The standard InChI is InChI=1S/C13H19ClFN/c1-4-16-8-10(9(2)3)13-11(14)6-5-7-12(13)15/h5-7,9-10,16H,4,8H2,1-3H3. The first-order valence-corrected chi connectivity index (χ1v) is 6.10. The van der Waals surface area contributed by atoms with Crippen LogP contribution in [0, 0.1) is 11.7 Å². The second-order valence-corrected chi connectivity index (χ2v) is 4.70. The van der Waals surface area contributed by atoms with Gasteiger partial charge >= 0.3 is 0 Å². The van der Waals surface area contributed by atoms with E-state index in [9.17, 15) is 4.39 Å². The molecule has 0 heterocycles. The molecule has 1 rings (SSSR count). The van der Waals surface area contributed by atoms with Gasteiger partial charge in [-0.3, -0.25) is 0 Å². The molecule has 0 radical (unpaired) electrons. The summed E-state index contributed by atoms with van der Waals surface area (Å²) in [6.45, 7) is 7.86. The zero-order valence-corrected chi connectivity index (χ0v) is 10.8. The summed E-state index contributed by atoms with van der Waals surface area (Å²) in [6, 6.07) is 4.87. The number of rotatable bonds is 5. The van der Waals surface area contributed by atoms with Gasteiger partial charge in [0.05, 0.1) is 0 Å². The maximum absolute atomic E-state index is 13.8. The first kappa shape index (κ1) is 13.5. The normalized spacial score (nSPS) is 13.1. The summed E-state index contributed by atoms with van der Waals surface area (Å²) >= 11 is 6.08. The average Bonchev–Trinajstić information content (AvgIpc) is 2.21. The molecule has 3 heteroatoms. The Morgan fingerprint density at radius 3 is 2.56 bits per heavy atom. The van der Waals surface area contributed by atoms with Crippen LogP contribution in [0.1, 0.15) is 32.3 Å². The lowest BCUT2D eigenvalue weighted by molar-refractivity contribution is 0.448. The highest BCUT2D eigenvalue weighted by Crippen LogP contribution is 2.31. The van der Waals surface area contributed by atoms with E-state index < -0.39 is 0 Å². The van der Waals surface area contributed by atoms with Crippen molar-refractivity contribution in [3.63, 3.8) is 0 Å². The fourth-order valence-corrected chi connectivity index (χ4v) is 2.14. The van der Waals surface area contributed by atoms with E-state index in [4.69, 9.17) is 11.6 Å². The number of hydrogen-bond donors (Lipinski definition) is 1. The molecule has 0 saturated heterocycles. The van der Waals surface area contributed by atoms with Crippen molar-refractivity contribution in [2.75, 3.05) is 13.1 Å². The number of hydrogen-bond acceptors (Lipinski definition) is 1. The monoisotopic (exact) mass is 243 g/mol. The Kier molecular flexibility index (Phi) is 5.23. The molecule has 0 spiro atoms. The zero-order chi connectivity index (χ0) is 12.1. The number of halogens is 2. The Balaban J connectivity index is 3.00.